The van der Waals surface area contributed by atoms with E-state index in [2.05, 4.69) is 0 Å². The monoisotopic (exact) mass is 204 g/mol. The predicted octanol–water partition coefficient (Wildman–Crippen LogP) is 2.60. The summed E-state index contributed by atoms with van der Waals surface area (Å²) in [5.74, 6) is -1.06. The molecule has 0 aliphatic heterocycles. The highest BCUT2D eigenvalue weighted by molar-refractivity contribution is 7.93. The van der Waals surface area contributed by atoms with Gasteiger partial charge in [0.15, 0.2) is 0 Å². The summed E-state index contributed by atoms with van der Waals surface area (Å²) in [4.78, 5) is 10.9. The molecule has 0 aliphatic rings. The summed E-state index contributed by atoms with van der Waals surface area (Å²) < 4.78 is 8.63. The van der Waals surface area contributed by atoms with Gasteiger partial charge in [-0.05, 0) is 18.2 Å². The van der Waals surface area contributed by atoms with Gasteiger partial charge in [0.1, 0.15) is 0 Å². The maximum absolute atomic E-state index is 10.5. The van der Waals surface area contributed by atoms with Gasteiger partial charge in [-0.2, -0.15) is 0 Å². The number of carbonyl (C=O) groups is 1. The second kappa shape index (κ2) is 3.80. The largest absolute Gasteiger partial charge is 0.478 e. The average Bonchev–Trinajstić information content (AvgIpc) is 2.03. The van der Waals surface area contributed by atoms with Crippen molar-refractivity contribution in [1.82, 2.24) is 0 Å². The lowest BCUT2D eigenvalue weighted by Gasteiger charge is -1.98. The van der Waals surface area contributed by atoms with Crippen molar-refractivity contribution in [3.63, 3.8) is 0 Å². The standard InChI is InChI=1S/C7H5ClO3S/c8-5-1-4(7(9)10)2-6(3-5)12-11/h1-3,11H,(H,9,10). The smallest absolute Gasteiger partial charge is 0.335 e. The van der Waals surface area contributed by atoms with Crippen molar-refractivity contribution in [2.75, 3.05) is 0 Å². The first-order chi connectivity index (χ1) is 5.63. The maximum Gasteiger partial charge on any atom is 0.335 e. The highest BCUT2D eigenvalue weighted by Gasteiger charge is 2.05. The molecule has 5 heteroatoms. The van der Waals surface area contributed by atoms with Crippen LogP contribution in [0.5, 0.6) is 0 Å². The van der Waals surface area contributed by atoms with Crippen LogP contribution in [-0.2, 0) is 0 Å². The Morgan fingerprint density at radius 3 is 2.58 bits per heavy atom. The maximum atomic E-state index is 10.5. The lowest BCUT2D eigenvalue weighted by Crippen LogP contribution is -1.95. The van der Waals surface area contributed by atoms with Gasteiger partial charge in [-0.25, -0.2) is 4.79 Å². The van der Waals surface area contributed by atoms with Crippen molar-refractivity contribution < 1.29 is 14.5 Å². The molecule has 0 aliphatic carbocycles. The van der Waals surface area contributed by atoms with Gasteiger partial charge in [-0.1, -0.05) is 11.6 Å². The molecule has 0 bridgehead atoms. The molecule has 64 valence electrons. The van der Waals surface area contributed by atoms with Crippen molar-refractivity contribution in [1.29, 1.82) is 0 Å². The summed E-state index contributed by atoms with van der Waals surface area (Å²) in [5.41, 5.74) is 0.0686. The number of carboxylic acid groups (broad SMARTS) is 1. The Morgan fingerprint density at radius 2 is 2.08 bits per heavy atom. The summed E-state index contributed by atoms with van der Waals surface area (Å²) in [5, 5.41) is 8.88. The second-order valence-corrected chi connectivity index (χ2v) is 3.16. The summed E-state index contributed by atoms with van der Waals surface area (Å²) >= 11 is 6.05. The Labute approximate surface area is 78.2 Å². The number of halogens is 1. The first kappa shape index (κ1) is 9.38. The van der Waals surface area contributed by atoms with E-state index in [0.717, 1.165) is 0 Å². The van der Waals surface area contributed by atoms with Crippen LogP contribution in [0.4, 0.5) is 0 Å². The Morgan fingerprint density at radius 1 is 1.42 bits per heavy atom. The summed E-state index contributed by atoms with van der Waals surface area (Å²) in [7, 11) is 0. The highest BCUT2D eigenvalue weighted by atomic mass is 35.5. The van der Waals surface area contributed by atoms with E-state index in [0.29, 0.717) is 22.0 Å². The molecule has 1 aromatic rings. The van der Waals surface area contributed by atoms with Gasteiger partial charge in [0.25, 0.3) is 0 Å². The molecule has 3 nitrogen and oxygen atoms in total. The van der Waals surface area contributed by atoms with Gasteiger partial charge in [0, 0.05) is 22.0 Å². The van der Waals surface area contributed by atoms with E-state index < -0.39 is 5.97 Å². The third-order valence-corrected chi connectivity index (χ3v) is 1.89. The van der Waals surface area contributed by atoms with Crippen molar-refractivity contribution in [2.24, 2.45) is 0 Å². The quantitative estimate of drug-likeness (QED) is 0.727. The van der Waals surface area contributed by atoms with Crippen molar-refractivity contribution in [3.05, 3.63) is 28.8 Å². The zero-order valence-corrected chi connectivity index (χ0v) is 7.39. The lowest BCUT2D eigenvalue weighted by molar-refractivity contribution is 0.0696. The fourth-order valence-corrected chi connectivity index (χ4v) is 1.40. The van der Waals surface area contributed by atoms with Crippen LogP contribution >= 0.6 is 23.6 Å². The van der Waals surface area contributed by atoms with E-state index in [4.69, 9.17) is 21.3 Å². The molecular formula is C7H5ClO3S. The Balaban J connectivity index is 3.15. The first-order valence-electron chi connectivity index (χ1n) is 2.99. The number of benzene rings is 1. The van der Waals surface area contributed by atoms with Crippen LogP contribution < -0.4 is 0 Å². The van der Waals surface area contributed by atoms with Gasteiger partial charge < -0.3 is 9.66 Å². The third kappa shape index (κ3) is 2.14. The van der Waals surface area contributed by atoms with Gasteiger partial charge in [-0.3, -0.25) is 0 Å². The van der Waals surface area contributed by atoms with E-state index in [1.54, 1.807) is 0 Å². The predicted molar refractivity (Wildman–Crippen MR) is 46.9 cm³/mol. The Kier molecular flexibility index (Phi) is 2.97. The van der Waals surface area contributed by atoms with Crippen LogP contribution in [0.2, 0.25) is 5.02 Å². The highest BCUT2D eigenvalue weighted by Crippen LogP contribution is 2.21. The molecule has 0 radical (unpaired) electrons. The molecule has 0 aromatic heterocycles. The molecule has 1 rings (SSSR count). The Hall–Kier alpha value is -0.710. The van der Waals surface area contributed by atoms with Crippen LogP contribution in [0.1, 0.15) is 10.4 Å². The Bertz CT molecular complexity index is 314. The number of hydrogen-bond acceptors (Lipinski definition) is 3. The van der Waals surface area contributed by atoms with Gasteiger partial charge >= 0.3 is 5.97 Å². The van der Waals surface area contributed by atoms with E-state index in [-0.39, 0.29) is 5.56 Å². The fourth-order valence-electron chi connectivity index (χ4n) is 0.739. The fraction of sp³-hybridized carbons (Fsp3) is 0. The minimum atomic E-state index is -1.06. The normalized spacial score (nSPS) is 9.83. The molecule has 0 fully saturated rings. The van der Waals surface area contributed by atoms with E-state index in [1.807, 2.05) is 0 Å². The number of hydrogen-bond donors (Lipinski definition) is 2. The SMILES string of the molecule is O=C(O)c1cc(Cl)cc(SO)c1. The molecular weight excluding hydrogens is 200 g/mol. The average molecular weight is 205 g/mol. The van der Waals surface area contributed by atoms with Crippen LogP contribution in [0.3, 0.4) is 0 Å². The molecule has 0 heterocycles. The van der Waals surface area contributed by atoms with E-state index in [9.17, 15) is 4.79 Å². The van der Waals surface area contributed by atoms with Crippen molar-refractivity contribution in [3.8, 4) is 0 Å². The van der Waals surface area contributed by atoms with Crippen LogP contribution in [0.15, 0.2) is 23.1 Å². The first-order valence-corrected chi connectivity index (χ1v) is 4.14. The van der Waals surface area contributed by atoms with Crippen molar-refractivity contribution in [2.45, 2.75) is 4.90 Å². The summed E-state index contributed by atoms with van der Waals surface area (Å²) in [6.45, 7) is 0. The topological polar surface area (TPSA) is 57.5 Å². The van der Waals surface area contributed by atoms with Crippen LogP contribution in [0, 0.1) is 0 Å². The molecule has 12 heavy (non-hydrogen) atoms. The lowest BCUT2D eigenvalue weighted by atomic mass is 10.2. The number of carboxylic acids is 1. The molecule has 0 saturated carbocycles. The van der Waals surface area contributed by atoms with Gasteiger partial charge in [0.2, 0.25) is 0 Å². The summed E-state index contributed by atoms with van der Waals surface area (Å²) in [6, 6.07) is 4.15. The molecule has 2 N–H and O–H groups in total. The minimum Gasteiger partial charge on any atom is -0.478 e. The number of rotatable bonds is 2. The van der Waals surface area contributed by atoms with Gasteiger partial charge in [0.05, 0.1) is 5.56 Å². The molecule has 0 atom stereocenters. The van der Waals surface area contributed by atoms with Crippen molar-refractivity contribution >= 4 is 29.6 Å². The van der Waals surface area contributed by atoms with Crippen LogP contribution in [-0.4, -0.2) is 15.6 Å². The summed E-state index contributed by atoms with van der Waals surface area (Å²) in [6.07, 6.45) is 0. The zero-order chi connectivity index (χ0) is 9.14. The molecule has 0 amide bonds. The minimum absolute atomic E-state index is 0.0686. The molecule has 1 aromatic carbocycles. The number of aromatic carboxylic acids is 1. The molecule has 0 unspecified atom stereocenters. The molecule has 0 saturated heterocycles. The van der Waals surface area contributed by atoms with E-state index in [1.165, 1.54) is 18.2 Å². The van der Waals surface area contributed by atoms with Crippen LogP contribution in [0.25, 0.3) is 0 Å². The third-order valence-electron chi connectivity index (χ3n) is 1.22. The second-order valence-electron chi connectivity index (χ2n) is 2.07. The molecule has 0 spiro atoms. The van der Waals surface area contributed by atoms with E-state index >= 15 is 0 Å². The zero-order valence-electron chi connectivity index (χ0n) is 5.82. The van der Waals surface area contributed by atoms with Gasteiger partial charge in [-0.15, -0.1) is 0 Å².